The highest BCUT2D eigenvalue weighted by Crippen LogP contribution is 2.36. The van der Waals surface area contributed by atoms with Crippen molar-refractivity contribution >= 4 is 39.9 Å². The van der Waals surface area contributed by atoms with Crippen LogP contribution in [-0.4, -0.2) is 55.8 Å². The zero-order chi connectivity index (χ0) is 19.0. The van der Waals surface area contributed by atoms with Gasteiger partial charge in [-0.3, -0.25) is 4.79 Å². The molecule has 1 unspecified atom stereocenters. The minimum atomic E-state index is -4.76. The normalized spacial score (nSPS) is 17.5. The molecule has 0 spiro atoms. The molecule has 2 rings (SSSR count). The Hall–Kier alpha value is -1.07. The van der Waals surface area contributed by atoms with Crippen LogP contribution in [0.5, 0.6) is 0 Å². The molecular weight excluding hydrogens is 418 g/mol. The molecule has 1 aromatic carbocycles. The average Bonchev–Trinajstić information content (AvgIpc) is 2.53. The summed E-state index contributed by atoms with van der Waals surface area (Å²) in [6.07, 6.45) is -4.76. The Kier molecular flexibility index (Phi) is 7.33. The summed E-state index contributed by atoms with van der Waals surface area (Å²) in [5.41, 5.74) is 4.30. The number of carbonyl (C=O) groups excluding carboxylic acids is 1. The Labute approximate surface area is 160 Å². The average molecular weight is 436 g/mol. The summed E-state index contributed by atoms with van der Waals surface area (Å²) in [4.78, 5) is 12.8. The van der Waals surface area contributed by atoms with E-state index < -0.39 is 37.7 Å². The van der Waals surface area contributed by atoms with Gasteiger partial charge in [-0.1, -0.05) is 11.6 Å². The maximum absolute atomic E-state index is 12.9. The molecule has 1 saturated heterocycles. The predicted octanol–water partition coefficient (Wildman–Crippen LogP) is 1.96. The lowest BCUT2D eigenvalue weighted by Crippen LogP contribution is -2.53. The lowest BCUT2D eigenvalue weighted by Gasteiger charge is -2.34. The van der Waals surface area contributed by atoms with Gasteiger partial charge in [0.2, 0.25) is 15.9 Å². The summed E-state index contributed by atoms with van der Waals surface area (Å²) in [6, 6.07) is 1.77. The maximum Gasteiger partial charge on any atom is 0.417 e. The molecule has 26 heavy (non-hydrogen) atoms. The number of nitrogens with zero attached hydrogens (tertiary/aromatic N) is 2. The highest BCUT2D eigenvalue weighted by atomic mass is 35.5. The zero-order valence-corrected chi connectivity index (χ0v) is 16.1. The van der Waals surface area contributed by atoms with Crippen molar-refractivity contribution in [3.8, 4) is 0 Å². The fourth-order valence-corrected chi connectivity index (χ4v) is 4.14. The lowest BCUT2D eigenvalue weighted by molar-refractivity contribution is -0.137. The van der Waals surface area contributed by atoms with Crippen LogP contribution in [0.15, 0.2) is 23.1 Å². The number of carbonyl (C=O) groups is 1. The summed E-state index contributed by atoms with van der Waals surface area (Å²) < 4.78 is 65.0. The second-order valence-electron chi connectivity index (χ2n) is 5.66. The number of piperazine rings is 1. The van der Waals surface area contributed by atoms with Gasteiger partial charge in [0.15, 0.2) is 0 Å². The first-order valence-corrected chi connectivity index (χ1v) is 9.17. The van der Waals surface area contributed by atoms with Crippen LogP contribution in [0.1, 0.15) is 12.5 Å². The van der Waals surface area contributed by atoms with Crippen LogP contribution in [0.2, 0.25) is 5.02 Å². The number of rotatable bonds is 3. The highest BCUT2D eigenvalue weighted by molar-refractivity contribution is 7.89. The van der Waals surface area contributed by atoms with Crippen molar-refractivity contribution in [2.75, 3.05) is 26.2 Å². The molecule has 148 valence electrons. The molecule has 2 N–H and O–H groups in total. The van der Waals surface area contributed by atoms with Gasteiger partial charge in [0.1, 0.15) is 0 Å². The van der Waals surface area contributed by atoms with Gasteiger partial charge < -0.3 is 10.6 Å². The quantitative estimate of drug-likeness (QED) is 0.786. The smallest absolute Gasteiger partial charge is 0.339 e. The third-order valence-electron chi connectivity index (χ3n) is 3.82. The van der Waals surface area contributed by atoms with Gasteiger partial charge in [0.25, 0.3) is 0 Å². The van der Waals surface area contributed by atoms with Crippen LogP contribution in [0.3, 0.4) is 0 Å². The van der Waals surface area contributed by atoms with Gasteiger partial charge in [-0.05, 0) is 25.1 Å². The first-order chi connectivity index (χ1) is 11.4. The van der Waals surface area contributed by atoms with Crippen molar-refractivity contribution in [1.29, 1.82) is 0 Å². The van der Waals surface area contributed by atoms with Gasteiger partial charge in [-0.25, -0.2) is 8.42 Å². The zero-order valence-electron chi connectivity index (χ0n) is 13.7. The van der Waals surface area contributed by atoms with Crippen molar-refractivity contribution < 1.29 is 26.4 Å². The van der Waals surface area contributed by atoms with Gasteiger partial charge in [0, 0.05) is 26.2 Å². The number of alkyl halides is 3. The summed E-state index contributed by atoms with van der Waals surface area (Å²) in [7, 11) is -4.13. The molecule has 1 aromatic rings. The van der Waals surface area contributed by atoms with E-state index in [4.69, 9.17) is 17.3 Å². The molecule has 12 heteroatoms. The van der Waals surface area contributed by atoms with Crippen molar-refractivity contribution in [1.82, 2.24) is 9.21 Å². The largest absolute Gasteiger partial charge is 0.417 e. The molecule has 0 aromatic heterocycles. The van der Waals surface area contributed by atoms with E-state index in [-0.39, 0.29) is 44.5 Å². The highest BCUT2D eigenvalue weighted by Gasteiger charge is 2.36. The lowest BCUT2D eigenvalue weighted by atomic mass is 10.2. The molecule has 0 saturated carbocycles. The van der Waals surface area contributed by atoms with Crippen molar-refractivity contribution in [3.63, 3.8) is 0 Å². The van der Waals surface area contributed by atoms with Crippen LogP contribution in [-0.2, 0) is 21.0 Å². The van der Waals surface area contributed by atoms with Gasteiger partial charge in [-0.15, -0.1) is 12.4 Å². The summed E-state index contributed by atoms with van der Waals surface area (Å²) in [5.74, 6) is -0.303. The Morgan fingerprint density at radius 2 is 1.77 bits per heavy atom. The molecule has 1 heterocycles. The van der Waals surface area contributed by atoms with E-state index in [1.54, 1.807) is 0 Å². The van der Waals surface area contributed by atoms with Crippen LogP contribution < -0.4 is 5.73 Å². The van der Waals surface area contributed by atoms with Crippen molar-refractivity contribution in [2.45, 2.75) is 24.0 Å². The first kappa shape index (κ1) is 23.0. The number of nitrogens with two attached hydrogens (primary N) is 1. The maximum atomic E-state index is 12.9. The molecule has 0 radical (unpaired) electrons. The molecule has 1 atom stereocenters. The number of sulfonamides is 1. The fraction of sp³-hybridized carbons (Fsp3) is 0.500. The summed E-state index contributed by atoms with van der Waals surface area (Å²) in [6.45, 7) is 1.73. The van der Waals surface area contributed by atoms with E-state index in [2.05, 4.69) is 0 Å². The van der Waals surface area contributed by atoms with E-state index in [1.807, 2.05) is 0 Å². The number of benzene rings is 1. The van der Waals surface area contributed by atoms with Gasteiger partial charge >= 0.3 is 6.18 Å². The van der Waals surface area contributed by atoms with Crippen molar-refractivity contribution in [3.05, 3.63) is 28.8 Å². The van der Waals surface area contributed by atoms with Crippen LogP contribution in [0.25, 0.3) is 0 Å². The van der Waals surface area contributed by atoms with E-state index in [0.29, 0.717) is 6.07 Å². The number of hydrogen-bond acceptors (Lipinski definition) is 4. The van der Waals surface area contributed by atoms with Gasteiger partial charge in [-0.2, -0.15) is 17.5 Å². The van der Waals surface area contributed by atoms with E-state index in [0.717, 1.165) is 16.4 Å². The molecule has 0 aliphatic carbocycles. The Balaban J connectivity index is 0.00000338. The first-order valence-electron chi connectivity index (χ1n) is 7.36. The number of halogens is 5. The molecule has 1 aliphatic rings. The van der Waals surface area contributed by atoms with Crippen LogP contribution >= 0.6 is 24.0 Å². The molecule has 1 amide bonds. The third kappa shape index (κ3) is 4.80. The summed E-state index contributed by atoms with van der Waals surface area (Å²) in [5, 5.41) is -0.571. The minimum Gasteiger partial charge on any atom is -0.339 e. The Morgan fingerprint density at radius 3 is 2.23 bits per heavy atom. The topological polar surface area (TPSA) is 83.7 Å². The second-order valence-corrected chi connectivity index (χ2v) is 8.00. The monoisotopic (exact) mass is 435 g/mol. The fourth-order valence-electron chi connectivity index (χ4n) is 2.47. The molecule has 1 fully saturated rings. The minimum absolute atomic E-state index is 0. The Bertz CT molecular complexity index is 764. The standard InChI is InChI=1S/C14H17ClF3N3O3S.ClH/c1-9(19)13(22)20-4-6-21(7-5-20)25(23,24)10-2-3-12(15)11(8-10)14(16,17)18;/h2-3,8-9H,4-7,19H2,1H3;1H. The predicted molar refractivity (Wildman–Crippen MR) is 92.7 cm³/mol. The number of hydrogen-bond donors (Lipinski definition) is 1. The second kappa shape index (κ2) is 8.30. The van der Waals surface area contributed by atoms with Crippen LogP contribution in [0.4, 0.5) is 13.2 Å². The van der Waals surface area contributed by atoms with E-state index >= 15 is 0 Å². The third-order valence-corrected chi connectivity index (χ3v) is 6.05. The number of amides is 1. The molecular formula is C14H18Cl2F3N3O3S. The summed E-state index contributed by atoms with van der Waals surface area (Å²) >= 11 is 5.52. The van der Waals surface area contributed by atoms with E-state index in [9.17, 15) is 26.4 Å². The Morgan fingerprint density at radius 1 is 1.23 bits per heavy atom. The van der Waals surface area contributed by atoms with Gasteiger partial charge in [0.05, 0.1) is 21.5 Å². The molecule has 6 nitrogen and oxygen atoms in total. The van der Waals surface area contributed by atoms with Crippen LogP contribution in [0, 0.1) is 0 Å². The molecule has 1 aliphatic heterocycles. The SMILES string of the molecule is CC(N)C(=O)N1CCN(S(=O)(=O)c2ccc(Cl)c(C(F)(F)F)c2)CC1.Cl. The van der Waals surface area contributed by atoms with E-state index in [1.165, 1.54) is 11.8 Å². The van der Waals surface area contributed by atoms with Crippen molar-refractivity contribution in [2.24, 2.45) is 5.73 Å². The molecule has 0 bridgehead atoms.